The van der Waals surface area contributed by atoms with Crippen molar-refractivity contribution in [2.45, 2.75) is 0 Å². The van der Waals surface area contributed by atoms with Crippen molar-refractivity contribution in [1.29, 1.82) is 5.26 Å². The first kappa shape index (κ1) is 21.7. The Kier molecular flexibility index (Phi) is 6.26. The number of carbonyl (C=O) groups is 1. The molecule has 0 radical (unpaired) electrons. The van der Waals surface area contributed by atoms with Crippen molar-refractivity contribution in [3.63, 3.8) is 0 Å². The molecule has 11 nitrogen and oxygen atoms in total. The molecule has 0 aliphatic heterocycles. The minimum Gasteiger partial charge on any atom is -0.496 e. The lowest BCUT2D eigenvalue weighted by Gasteiger charge is -2.07. The first-order chi connectivity index (χ1) is 15.3. The smallest absolute Gasteiger partial charge is 0.296 e. The Morgan fingerprint density at radius 2 is 1.81 bits per heavy atom. The molecule has 0 unspecified atom stereocenters. The van der Waals surface area contributed by atoms with Crippen molar-refractivity contribution >= 4 is 29.0 Å². The van der Waals surface area contributed by atoms with Crippen LogP contribution in [0.1, 0.15) is 5.76 Å². The van der Waals surface area contributed by atoms with E-state index in [1.807, 2.05) is 0 Å². The maximum Gasteiger partial charge on any atom is 0.296 e. The summed E-state index contributed by atoms with van der Waals surface area (Å²) in [5.41, 5.74) is -0.357. The third-order valence-electron chi connectivity index (χ3n) is 4.29. The van der Waals surface area contributed by atoms with Crippen LogP contribution in [-0.4, -0.2) is 22.9 Å². The first-order valence-corrected chi connectivity index (χ1v) is 8.92. The normalized spacial score (nSPS) is 10.8. The van der Waals surface area contributed by atoms with Crippen LogP contribution in [0.3, 0.4) is 0 Å². The molecule has 0 saturated heterocycles. The quantitative estimate of drug-likeness (QED) is 0.249. The molecule has 160 valence electrons. The van der Waals surface area contributed by atoms with Crippen molar-refractivity contribution in [2.24, 2.45) is 0 Å². The number of nitro groups is 2. The molecule has 2 aromatic carbocycles. The highest BCUT2D eigenvalue weighted by Crippen LogP contribution is 2.30. The zero-order valence-corrected chi connectivity index (χ0v) is 16.5. The lowest BCUT2D eigenvalue weighted by Crippen LogP contribution is -2.14. The van der Waals surface area contributed by atoms with E-state index < -0.39 is 21.4 Å². The van der Waals surface area contributed by atoms with Gasteiger partial charge in [0.25, 0.3) is 17.3 Å². The van der Waals surface area contributed by atoms with Gasteiger partial charge in [-0.2, -0.15) is 5.26 Å². The Morgan fingerprint density at radius 1 is 1.09 bits per heavy atom. The summed E-state index contributed by atoms with van der Waals surface area (Å²) in [4.78, 5) is 33.3. The summed E-state index contributed by atoms with van der Waals surface area (Å²) >= 11 is 0. The number of nitrogens with zero attached hydrogens (tertiary/aromatic N) is 3. The van der Waals surface area contributed by atoms with Gasteiger partial charge in [-0.1, -0.05) is 0 Å². The summed E-state index contributed by atoms with van der Waals surface area (Å²) in [7, 11) is 1.35. The van der Waals surface area contributed by atoms with E-state index >= 15 is 0 Å². The number of nitriles is 1. The molecule has 0 atom stereocenters. The van der Waals surface area contributed by atoms with E-state index in [1.54, 1.807) is 12.1 Å². The number of furan rings is 1. The van der Waals surface area contributed by atoms with Crippen molar-refractivity contribution in [2.75, 3.05) is 12.4 Å². The number of methoxy groups -OCH3 is 1. The number of anilines is 1. The minimum atomic E-state index is -0.867. The van der Waals surface area contributed by atoms with E-state index in [9.17, 15) is 30.3 Å². The average Bonchev–Trinajstić information content (AvgIpc) is 3.26. The van der Waals surface area contributed by atoms with Gasteiger partial charge in [-0.05, 0) is 36.4 Å². The molecule has 3 rings (SSSR count). The van der Waals surface area contributed by atoms with Crippen LogP contribution in [0.5, 0.6) is 5.75 Å². The topological polar surface area (TPSA) is 162 Å². The maximum absolute atomic E-state index is 12.5. The molecule has 0 aliphatic carbocycles. The molecule has 32 heavy (non-hydrogen) atoms. The van der Waals surface area contributed by atoms with Gasteiger partial charge in [-0.25, -0.2) is 0 Å². The Labute approximate surface area is 180 Å². The zero-order chi connectivity index (χ0) is 23.3. The second-order valence-corrected chi connectivity index (χ2v) is 6.27. The molecule has 0 aliphatic rings. The number of hydrogen-bond acceptors (Lipinski definition) is 8. The third-order valence-corrected chi connectivity index (χ3v) is 4.29. The number of nitro benzene ring substituents is 2. The lowest BCUT2D eigenvalue weighted by atomic mass is 10.1. The van der Waals surface area contributed by atoms with Crippen LogP contribution >= 0.6 is 0 Å². The van der Waals surface area contributed by atoms with Gasteiger partial charge >= 0.3 is 0 Å². The highest BCUT2D eigenvalue weighted by Gasteiger charge is 2.19. The van der Waals surface area contributed by atoms with Gasteiger partial charge in [0.1, 0.15) is 34.6 Å². The second kappa shape index (κ2) is 9.23. The Morgan fingerprint density at radius 3 is 2.41 bits per heavy atom. The number of rotatable bonds is 7. The predicted molar refractivity (Wildman–Crippen MR) is 113 cm³/mol. The zero-order valence-electron chi connectivity index (χ0n) is 16.5. The number of non-ortho nitro benzene ring substituents is 1. The first-order valence-electron chi connectivity index (χ1n) is 8.92. The standard InChI is InChI=1S/C21H14N4O7/c1-31-16-6-8-18(19(11-16)25(29)30)23-21(26)14(12-22)10-17-7-9-20(32-17)13-2-4-15(5-3-13)24(27)28/h2-11H,1H3,(H,23,26)/b14-10+. The van der Waals surface area contributed by atoms with E-state index in [-0.39, 0.29) is 28.5 Å². The molecule has 0 bridgehead atoms. The maximum atomic E-state index is 12.5. The van der Waals surface area contributed by atoms with Crippen LogP contribution in [-0.2, 0) is 4.79 Å². The molecule has 1 aromatic heterocycles. The Hall–Kier alpha value is -4.98. The summed E-state index contributed by atoms with van der Waals surface area (Å²) in [6.07, 6.45) is 1.18. The van der Waals surface area contributed by atoms with Crippen molar-refractivity contribution in [1.82, 2.24) is 0 Å². The number of nitrogens with one attached hydrogen (secondary N) is 1. The van der Waals surface area contributed by atoms with Crippen molar-refractivity contribution in [3.8, 4) is 23.1 Å². The molecule has 3 aromatic rings. The number of benzene rings is 2. The molecule has 11 heteroatoms. The Bertz CT molecular complexity index is 1270. The van der Waals surface area contributed by atoms with Gasteiger partial charge in [0.05, 0.1) is 23.0 Å². The number of amides is 1. The monoisotopic (exact) mass is 434 g/mol. The van der Waals surface area contributed by atoms with E-state index in [1.165, 1.54) is 55.7 Å². The molecular weight excluding hydrogens is 420 g/mol. The largest absolute Gasteiger partial charge is 0.496 e. The minimum absolute atomic E-state index is 0.0727. The number of hydrogen-bond donors (Lipinski definition) is 1. The van der Waals surface area contributed by atoms with E-state index in [4.69, 9.17) is 9.15 Å². The molecule has 1 N–H and O–H groups in total. The fourth-order valence-corrected chi connectivity index (χ4v) is 2.71. The van der Waals surface area contributed by atoms with Crippen LogP contribution in [0, 0.1) is 31.6 Å². The van der Waals surface area contributed by atoms with Gasteiger partial charge in [-0.3, -0.25) is 25.0 Å². The predicted octanol–water partition coefficient (Wildman–Crippen LogP) is 4.32. The molecular formula is C21H14N4O7. The summed E-state index contributed by atoms with van der Waals surface area (Å²) in [6.45, 7) is 0. The molecule has 0 spiro atoms. The summed E-state index contributed by atoms with van der Waals surface area (Å²) in [6, 6.07) is 14.3. The Balaban J connectivity index is 1.82. The van der Waals surface area contributed by atoms with Gasteiger partial charge in [0.2, 0.25) is 0 Å². The molecule has 1 amide bonds. The van der Waals surface area contributed by atoms with E-state index in [0.717, 1.165) is 6.07 Å². The molecule has 0 fully saturated rings. The van der Waals surface area contributed by atoms with Crippen LogP contribution in [0.4, 0.5) is 17.1 Å². The number of ether oxygens (including phenoxy) is 1. The van der Waals surface area contributed by atoms with Crippen molar-refractivity contribution < 1.29 is 23.8 Å². The van der Waals surface area contributed by atoms with Crippen LogP contribution < -0.4 is 10.1 Å². The van der Waals surface area contributed by atoms with Crippen LogP contribution in [0.2, 0.25) is 0 Å². The summed E-state index contributed by atoms with van der Waals surface area (Å²) < 4.78 is 10.5. The fourth-order valence-electron chi connectivity index (χ4n) is 2.71. The number of carbonyl (C=O) groups excluding carboxylic acids is 1. The summed E-state index contributed by atoms with van der Waals surface area (Å²) in [5, 5.41) is 33.7. The molecule has 1 heterocycles. The van der Waals surface area contributed by atoms with Gasteiger partial charge in [-0.15, -0.1) is 0 Å². The second-order valence-electron chi connectivity index (χ2n) is 6.27. The van der Waals surface area contributed by atoms with Crippen LogP contribution in [0.25, 0.3) is 17.4 Å². The molecule has 0 saturated carbocycles. The van der Waals surface area contributed by atoms with Gasteiger partial charge in [0, 0.05) is 23.8 Å². The SMILES string of the molecule is COc1ccc(NC(=O)/C(C#N)=C/c2ccc(-c3ccc([N+](=O)[O-])cc3)o2)c([N+](=O)[O-])c1. The van der Waals surface area contributed by atoms with E-state index in [0.29, 0.717) is 11.3 Å². The van der Waals surface area contributed by atoms with E-state index in [2.05, 4.69) is 5.32 Å². The van der Waals surface area contributed by atoms with Gasteiger partial charge in [0.15, 0.2) is 0 Å². The van der Waals surface area contributed by atoms with Crippen molar-refractivity contribution in [3.05, 3.63) is 86.2 Å². The highest BCUT2D eigenvalue weighted by atomic mass is 16.6. The van der Waals surface area contributed by atoms with Crippen LogP contribution in [0.15, 0.2) is 64.6 Å². The lowest BCUT2D eigenvalue weighted by molar-refractivity contribution is -0.384. The third kappa shape index (κ3) is 4.77. The average molecular weight is 434 g/mol. The highest BCUT2D eigenvalue weighted by molar-refractivity contribution is 6.10. The summed E-state index contributed by atoms with van der Waals surface area (Å²) in [5.74, 6) is -0.0851. The van der Waals surface area contributed by atoms with Gasteiger partial charge < -0.3 is 14.5 Å². The fraction of sp³-hybridized carbons (Fsp3) is 0.0476.